The summed E-state index contributed by atoms with van der Waals surface area (Å²) in [4.78, 5) is 2.01. The summed E-state index contributed by atoms with van der Waals surface area (Å²) in [6.45, 7) is 2.93. The Kier molecular flexibility index (Phi) is 5.51. The van der Waals surface area contributed by atoms with Gasteiger partial charge in [0.15, 0.2) is 0 Å². The van der Waals surface area contributed by atoms with Crippen LogP contribution in [-0.4, -0.2) is 50.9 Å². The Balaban J connectivity index is 1.78. The van der Waals surface area contributed by atoms with Gasteiger partial charge in [-0.3, -0.25) is 4.90 Å². The number of benzene rings is 2. The zero-order valence-electron chi connectivity index (χ0n) is 14.3. The smallest absolute Gasteiger partial charge is 0.208 e. The lowest BCUT2D eigenvalue weighted by atomic mass is 10.0. The Morgan fingerprint density at radius 2 is 1.40 bits per heavy atom. The lowest BCUT2D eigenvalue weighted by Gasteiger charge is -2.33. The van der Waals surface area contributed by atoms with Crippen LogP contribution in [0.3, 0.4) is 0 Å². The highest BCUT2D eigenvalue weighted by Crippen LogP contribution is 2.30. The van der Waals surface area contributed by atoms with Gasteiger partial charge in [0.05, 0.1) is 12.6 Å². The van der Waals surface area contributed by atoms with Crippen molar-refractivity contribution in [3.8, 4) is 0 Å². The molecule has 134 valence electrons. The van der Waals surface area contributed by atoms with Gasteiger partial charge in [0.1, 0.15) is 12.2 Å². The SMILES string of the molecule is C[C@@H]1O[C@@](O)(CN(Cc2ccccc2)Cc2ccccc2)[C@H](O)[C@H]1O. The summed E-state index contributed by atoms with van der Waals surface area (Å²) in [6.07, 6.45) is -3.05. The molecule has 3 rings (SSSR count). The van der Waals surface area contributed by atoms with Gasteiger partial charge >= 0.3 is 0 Å². The van der Waals surface area contributed by atoms with E-state index in [1.165, 1.54) is 0 Å². The van der Waals surface area contributed by atoms with E-state index in [1.54, 1.807) is 6.92 Å². The second-order valence-electron chi connectivity index (χ2n) is 6.72. The summed E-state index contributed by atoms with van der Waals surface area (Å²) >= 11 is 0. The first kappa shape index (κ1) is 18.0. The van der Waals surface area contributed by atoms with Gasteiger partial charge in [-0.25, -0.2) is 0 Å². The molecule has 0 aliphatic carbocycles. The number of ether oxygens (including phenoxy) is 1. The molecule has 1 fully saturated rings. The zero-order valence-corrected chi connectivity index (χ0v) is 14.3. The van der Waals surface area contributed by atoms with E-state index >= 15 is 0 Å². The van der Waals surface area contributed by atoms with Crippen molar-refractivity contribution >= 4 is 0 Å². The Bertz CT molecular complexity index is 624. The highest BCUT2D eigenvalue weighted by atomic mass is 16.7. The molecule has 0 amide bonds. The lowest BCUT2D eigenvalue weighted by molar-refractivity contribution is -0.235. The molecule has 1 heterocycles. The number of nitrogens with zero attached hydrogens (tertiary/aromatic N) is 1. The molecule has 0 aromatic heterocycles. The van der Waals surface area contributed by atoms with Gasteiger partial charge in [0, 0.05) is 13.1 Å². The van der Waals surface area contributed by atoms with Crippen LogP contribution in [0.2, 0.25) is 0 Å². The summed E-state index contributed by atoms with van der Waals surface area (Å²) in [7, 11) is 0. The van der Waals surface area contributed by atoms with E-state index < -0.39 is 24.1 Å². The topological polar surface area (TPSA) is 73.2 Å². The molecule has 25 heavy (non-hydrogen) atoms. The van der Waals surface area contributed by atoms with Crippen molar-refractivity contribution in [1.82, 2.24) is 4.90 Å². The number of aliphatic hydroxyl groups excluding tert-OH is 2. The highest BCUT2D eigenvalue weighted by molar-refractivity contribution is 5.17. The molecule has 0 saturated carbocycles. The summed E-state index contributed by atoms with van der Waals surface area (Å²) in [5.41, 5.74) is 2.20. The minimum absolute atomic E-state index is 0.0966. The molecule has 0 spiro atoms. The van der Waals surface area contributed by atoms with Crippen LogP contribution in [0.4, 0.5) is 0 Å². The Morgan fingerprint density at radius 3 is 1.80 bits per heavy atom. The van der Waals surface area contributed by atoms with Crippen molar-refractivity contribution in [2.24, 2.45) is 0 Å². The fourth-order valence-corrected chi connectivity index (χ4v) is 3.29. The summed E-state index contributed by atoms with van der Waals surface area (Å²) in [6, 6.07) is 19.9. The minimum atomic E-state index is -1.79. The third-order valence-corrected chi connectivity index (χ3v) is 4.60. The summed E-state index contributed by atoms with van der Waals surface area (Å²) < 4.78 is 5.49. The lowest BCUT2D eigenvalue weighted by Crippen LogP contribution is -2.51. The molecule has 1 saturated heterocycles. The van der Waals surface area contributed by atoms with Gasteiger partial charge in [-0.05, 0) is 18.1 Å². The maximum absolute atomic E-state index is 10.8. The van der Waals surface area contributed by atoms with E-state index in [-0.39, 0.29) is 6.54 Å². The molecule has 5 nitrogen and oxygen atoms in total. The molecule has 1 aliphatic heterocycles. The Labute approximate surface area is 148 Å². The molecule has 0 unspecified atom stereocenters. The molecule has 1 aliphatic rings. The van der Waals surface area contributed by atoms with Gasteiger partial charge in [0.25, 0.3) is 0 Å². The van der Waals surface area contributed by atoms with Crippen LogP contribution >= 0.6 is 0 Å². The molecular weight excluding hydrogens is 318 g/mol. The highest BCUT2D eigenvalue weighted by Gasteiger charge is 2.52. The van der Waals surface area contributed by atoms with E-state index in [1.807, 2.05) is 65.6 Å². The number of rotatable bonds is 6. The van der Waals surface area contributed by atoms with E-state index in [9.17, 15) is 15.3 Å². The number of aliphatic hydroxyl groups is 3. The summed E-state index contributed by atoms with van der Waals surface area (Å²) in [5.74, 6) is -1.79. The fourth-order valence-electron chi connectivity index (χ4n) is 3.29. The van der Waals surface area contributed by atoms with Crippen LogP contribution in [0.25, 0.3) is 0 Å². The van der Waals surface area contributed by atoms with Crippen molar-refractivity contribution in [3.05, 3.63) is 71.8 Å². The third-order valence-electron chi connectivity index (χ3n) is 4.60. The first-order valence-electron chi connectivity index (χ1n) is 8.54. The minimum Gasteiger partial charge on any atom is -0.387 e. The molecule has 0 bridgehead atoms. The predicted octanol–water partition coefficient (Wildman–Crippen LogP) is 1.52. The van der Waals surface area contributed by atoms with Crippen LogP contribution in [-0.2, 0) is 17.8 Å². The quantitative estimate of drug-likeness (QED) is 0.742. The van der Waals surface area contributed by atoms with Crippen LogP contribution in [0.15, 0.2) is 60.7 Å². The fraction of sp³-hybridized carbons (Fsp3) is 0.400. The van der Waals surface area contributed by atoms with Crippen LogP contribution < -0.4 is 0 Å². The second kappa shape index (κ2) is 7.64. The van der Waals surface area contributed by atoms with Crippen molar-refractivity contribution < 1.29 is 20.1 Å². The molecule has 2 aromatic rings. The monoisotopic (exact) mass is 343 g/mol. The maximum atomic E-state index is 10.8. The van der Waals surface area contributed by atoms with Crippen LogP contribution in [0.5, 0.6) is 0 Å². The Morgan fingerprint density at radius 1 is 0.920 bits per heavy atom. The van der Waals surface area contributed by atoms with Gasteiger partial charge in [-0.1, -0.05) is 60.7 Å². The molecule has 5 heteroatoms. The zero-order chi connectivity index (χ0) is 17.9. The average Bonchev–Trinajstić information content (AvgIpc) is 2.79. The van der Waals surface area contributed by atoms with Gasteiger partial charge in [-0.15, -0.1) is 0 Å². The number of hydrogen-bond acceptors (Lipinski definition) is 5. The van der Waals surface area contributed by atoms with Crippen LogP contribution in [0.1, 0.15) is 18.1 Å². The van der Waals surface area contributed by atoms with Crippen molar-refractivity contribution in [1.29, 1.82) is 0 Å². The van der Waals surface area contributed by atoms with Gasteiger partial charge in [0.2, 0.25) is 5.79 Å². The molecule has 2 aromatic carbocycles. The van der Waals surface area contributed by atoms with Gasteiger partial charge < -0.3 is 20.1 Å². The van der Waals surface area contributed by atoms with Crippen molar-refractivity contribution in [2.75, 3.05) is 6.54 Å². The molecule has 0 radical (unpaired) electrons. The average molecular weight is 343 g/mol. The Hall–Kier alpha value is -1.76. The maximum Gasteiger partial charge on any atom is 0.208 e. The predicted molar refractivity (Wildman–Crippen MR) is 94.5 cm³/mol. The molecule has 3 N–H and O–H groups in total. The second-order valence-corrected chi connectivity index (χ2v) is 6.72. The molecular formula is C20H25NO4. The first-order valence-corrected chi connectivity index (χ1v) is 8.54. The van der Waals surface area contributed by atoms with E-state index in [2.05, 4.69) is 0 Å². The van der Waals surface area contributed by atoms with E-state index in [4.69, 9.17) is 4.74 Å². The number of hydrogen-bond donors (Lipinski definition) is 3. The van der Waals surface area contributed by atoms with Crippen molar-refractivity contribution in [3.63, 3.8) is 0 Å². The van der Waals surface area contributed by atoms with Crippen LogP contribution in [0, 0.1) is 0 Å². The third kappa shape index (κ3) is 4.26. The molecule has 4 atom stereocenters. The first-order chi connectivity index (χ1) is 12.0. The van der Waals surface area contributed by atoms with Gasteiger partial charge in [-0.2, -0.15) is 0 Å². The van der Waals surface area contributed by atoms with E-state index in [0.29, 0.717) is 13.1 Å². The van der Waals surface area contributed by atoms with Crippen molar-refractivity contribution in [2.45, 2.75) is 44.1 Å². The standard InChI is InChI=1S/C20H25NO4/c1-15-18(22)19(23)20(24,25-15)14-21(12-16-8-4-2-5-9-16)13-17-10-6-3-7-11-17/h2-11,15,18-19,22-24H,12-14H2,1H3/t15-,18-,19+,20-/m0/s1. The van der Waals surface area contributed by atoms with E-state index in [0.717, 1.165) is 11.1 Å². The summed E-state index contributed by atoms with van der Waals surface area (Å²) in [5, 5.41) is 30.9. The normalized spacial score (nSPS) is 29.2. The largest absolute Gasteiger partial charge is 0.387 e.